The van der Waals surface area contributed by atoms with Gasteiger partial charge in [-0.25, -0.2) is 0 Å². The molecule has 1 N–H and O–H groups in total. The lowest BCUT2D eigenvalue weighted by Gasteiger charge is -2.10. The molecule has 22 heavy (non-hydrogen) atoms. The van der Waals surface area contributed by atoms with Crippen molar-refractivity contribution in [1.82, 2.24) is 0 Å². The maximum absolute atomic E-state index is 12.6. The summed E-state index contributed by atoms with van der Waals surface area (Å²) in [7, 11) is 0. The molecule has 1 heterocycles. The van der Waals surface area contributed by atoms with Gasteiger partial charge in [-0.2, -0.15) is 0 Å². The number of anilines is 1. The molecule has 0 aliphatic heterocycles. The van der Waals surface area contributed by atoms with Crippen molar-refractivity contribution in [2.45, 2.75) is 13.8 Å². The lowest BCUT2D eigenvalue weighted by atomic mass is 10.0. The molecule has 0 bridgehead atoms. The van der Waals surface area contributed by atoms with Crippen LogP contribution in [0.4, 0.5) is 5.69 Å². The van der Waals surface area contributed by atoms with Gasteiger partial charge in [0.05, 0.1) is 11.8 Å². The van der Waals surface area contributed by atoms with Gasteiger partial charge in [0.25, 0.3) is 5.91 Å². The number of amides is 1. The van der Waals surface area contributed by atoms with E-state index in [1.165, 1.54) is 5.56 Å². The van der Waals surface area contributed by atoms with Crippen LogP contribution in [-0.2, 0) is 0 Å². The van der Waals surface area contributed by atoms with E-state index in [1.807, 2.05) is 62.4 Å². The zero-order valence-corrected chi connectivity index (χ0v) is 12.6. The number of benzene rings is 2. The van der Waals surface area contributed by atoms with Gasteiger partial charge in [-0.15, -0.1) is 0 Å². The number of carbonyl (C=O) groups is 1. The van der Waals surface area contributed by atoms with Gasteiger partial charge in [-0.1, -0.05) is 24.3 Å². The average molecular weight is 291 g/mol. The van der Waals surface area contributed by atoms with Crippen LogP contribution in [0.25, 0.3) is 11.3 Å². The minimum Gasteiger partial charge on any atom is -0.464 e. The fourth-order valence-electron chi connectivity index (χ4n) is 2.35. The highest BCUT2D eigenvalue weighted by Crippen LogP contribution is 2.25. The summed E-state index contributed by atoms with van der Waals surface area (Å²) in [6.45, 7) is 4.08. The summed E-state index contributed by atoms with van der Waals surface area (Å²) in [5, 5.41) is 2.95. The summed E-state index contributed by atoms with van der Waals surface area (Å²) in [6, 6.07) is 17.0. The molecule has 110 valence electrons. The summed E-state index contributed by atoms with van der Waals surface area (Å²) < 4.78 is 5.42. The molecule has 0 aliphatic carbocycles. The Morgan fingerprint density at radius 2 is 1.77 bits per heavy atom. The van der Waals surface area contributed by atoms with Crippen molar-refractivity contribution in [1.29, 1.82) is 0 Å². The van der Waals surface area contributed by atoms with Crippen molar-refractivity contribution >= 4 is 11.6 Å². The Morgan fingerprint density at radius 3 is 2.50 bits per heavy atom. The maximum Gasteiger partial charge on any atom is 0.256 e. The van der Waals surface area contributed by atoms with Gasteiger partial charge in [0.15, 0.2) is 0 Å². The molecular weight excluding hydrogens is 274 g/mol. The van der Waals surface area contributed by atoms with E-state index in [2.05, 4.69) is 5.32 Å². The van der Waals surface area contributed by atoms with Crippen molar-refractivity contribution in [3.63, 3.8) is 0 Å². The zero-order chi connectivity index (χ0) is 15.5. The molecule has 0 saturated heterocycles. The average Bonchev–Trinajstić information content (AvgIpc) is 3.05. The van der Waals surface area contributed by atoms with Crippen LogP contribution in [0.15, 0.2) is 65.3 Å². The lowest BCUT2D eigenvalue weighted by molar-refractivity contribution is 0.102. The van der Waals surface area contributed by atoms with Crippen molar-refractivity contribution in [2.75, 3.05) is 5.32 Å². The van der Waals surface area contributed by atoms with Crippen molar-refractivity contribution < 1.29 is 9.21 Å². The fourth-order valence-corrected chi connectivity index (χ4v) is 2.35. The van der Waals surface area contributed by atoms with Crippen LogP contribution >= 0.6 is 0 Å². The van der Waals surface area contributed by atoms with E-state index in [9.17, 15) is 4.79 Å². The molecule has 1 amide bonds. The third-order valence-electron chi connectivity index (χ3n) is 3.72. The first-order chi connectivity index (χ1) is 10.6. The van der Waals surface area contributed by atoms with Gasteiger partial charge in [-0.05, 0) is 55.3 Å². The van der Waals surface area contributed by atoms with E-state index in [-0.39, 0.29) is 5.91 Å². The van der Waals surface area contributed by atoms with Crippen molar-refractivity contribution in [3.8, 4) is 11.3 Å². The summed E-state index contributed by atoms with van der Waals surface area (Å²) in [6.07, 6.45) is 1.60. The van der Waals surface area contributed by atoms with Gasteiger partial charge in [0.2, 0.25) is 0 Å². The van der Waals surface area contributed by atoms with E-state index >= 15 is 0 Å². The van der Waals surface area contributed by atoms with Crippen LogP contribution in [0.1, 0.15) is 21.5 Å². The van der Waals surface area contributed by atoms with Gasteiger partial charge < -0.3 is 9.73 Å². The molecule has 1 aromatic heterocycles. The largest absolute Gasteiger partial charge is 0.464 e. The maximum atomic E-state index is 12.6. The first kappa shape index (κ1) is 14.1. The van der Waals surface area contributed by atoms with E-state index in [4.69, 9.17) is 4.42 Å². The number of carbonyl (C=O) groups excluding carboxylic acids is 1. The molecule has 0 saturated carbocycles. The minimum absolute atomic E-state index is 0.143. The summed E-state index contributed by atoms with van der Waals surface area (Å²) in [4.78, 5) is 12.6. The Kier molecular flexibility index (Phi) is 3.79. The van der Waals surface area contributed by atoms with E-state index in [0.717, 1.165) is 16.8 Å². The molecule has 3 nitrogen and oxygen atoms in total. The molecule has 0 fully saturated rings. The van der Waals surface area contributed by atoms with Crippen LogP contribution in [0.5, 0.6) is 0 Å². The number of aryl methyl sites for hydroxylation is 2. The first-order valence-electron chi connectivity index (χ1n) is 7.16. The van der Waals surface area contributed by atoms with Crippen LogP contribution in [0, 0.1) is 13.8 Å². The van der Waals surface area contributed by atoms with Crippen LogP contribution < -0.4 is 5.32 Å². The number of hydrogen-bond donors (Lipinski definition) is 1. The second-order valence-electron chi connectivity index (χ2n) is 5.28. The highest BCUT2D eigenvalue weighted by Gasteiger charge is 2.14. The number of hydrogen-bond acceptors (Lipinski definition) is 2. The molecule has 3 rings (SSSR count). The molecule has 0 aliphatic rings. The van der Waals surface area contributed by atoms with Gasteiger partial charge in [0.1, 0.15) is 5.76 Å². The lowest BCUT2D eigenvalue weighted by Crippen LogP contribution is -2.13. The van der Waals surface area contributed by atoms with Crippen LogP contribution in [0.3, 0.4) is 0 Å². The second kappa shape index (κ2) is 5.90. The zero-order valence-electron chi connectivity index (χ0n) is 12.6. The second-order valence-corrected chi connectivity index (χ2v) is 5.28. The Bertz CT molecular complexity index is 804. The Hall–Kier alpha value is -2.81. The Labute approximate surface area is 129 Å². The standard InChI is InChI=1S/C19H17NO2/c1-13-9-10-15(12-14(13)2)20-19(21)17-7-4-3-6-16(17)18-8-5-11-22-18/h3-12H,1-2H3,(H,20,21). The van der Waals surface area contributed by atoms with Crippen LogP contribution in [0.2, 0.25) is 0 Å². The predicted octanol–water partition coefficient (Wildman–Crippen LogP) is 4.82. The molecule has 3 aromatic rings. The molecule has 0 radical (unpaired) electrons. The van der Waals surface area contributed by atoms with Gasteiger partial charge in [-0.3, -0.25) is 4.79 Å². The van der Waals surface area contributed by atoms with E-state index in [1.54, 1.807) is 12.3 Å². The van der Waals surface area contributed by atoms with Crippen molar-refractivity contribution in [3.05, 3.63) is 77.6 Å². The first-order valence-corrected chi connectivity index (χ1v) is 7.16. The molecule has 0 atom stereocenters. The minimum atomic E-state index is -0.143. The summed E-state index contributed by atoms with van der Waals surface area (Å²) in [5.41, 5.74) is 4.53. The fraction of sp³-hybridized carbons (Fsp3) is 0.105. The normalized spacial score (nSPS) is 10.5. The molecule has 3 heteroatoms. The van der Waals surface area contributed by atoms with E-state index in [0.29, 0.717) is 11.3 Å². The Balaban J connectivity index is 1.91. The Morgan fingerprint density at radius 1 is 0.955 bits per heavy atom. The third-order valence-corrected chi connectivity index (χ3v) is 3.72. The smallest absolute Gasteiger partial charge is 0.256 e. The topological polar surface area (TPSA) is 42.2 Å². The highest BCUT2D eigenvalue weighted by molar-refractivity contribution is 6.08. The van der Waals surface area contributed by atoms with Crippen LogP contribution in [-0.4, -0.2) is 5.91 Å². The van der Waals surface area contributed by atoms with E-state index < -0.39 is 0 Å². The van der Waals surface area contributed by atoms with Gasteiger partial charge >= 0.3 is 0 Å². The molecule has 0 spiro atoms. The SMILES string of the molecule is Cc1ccc(NC(=O)c2ccccc2-c2ccco2)cc1C. The quantitative estimate of drug-likeness (QED) is 0.752. The number of rotatable bonds is 3. The third kappa shape index (κ3) is 2.79. The summed E-state index contributed by atoms with van der Waals surface area (Å²) in [5.74, 6) is 0.543. The molecule has 2 aromatic carbocycles. The number of furan rings is 1. The molecule has 0 unspecified atom stereocenters. The highest BCUT2D eigenvalue weighted by atomic mass is 16.3. The monoisotopic (exact) mass is 291 g/mol. The summed E-state index contributed by atoms with van der Waals surface area (Å²) >= 11 is 0. The number of nitrogens with one attached hydrogen (secondary N) is 1. The van der Waals surface area contributed by atoms with Gasteiger partial charge in [0, 0.05) is 11.3 Å². The predicted molar refractivity (Wildman–Crippen MR) is 88.0 cm³/mol. The van der Waals surface area contributed by atoms with Crippen molar-refractivity contribution in [2.24, 2.45) is 0 Å². The molecular formula is C19H17NO2.